The molecule has 0 radical (unpaired) electrons. The SMILES string of the molecule is C=CCN(C)C(=O)[C@H]1CN2CC[C@@H]1C[C@@H]2Cn1cc(C(N)=O)nn1. The molecular formula is C16H24N6O2. The van der Waals surface area contributed by atoms with Crippen molar-refractivity contribution in [1.82, 2.24) is 24.8 Å². The normalized spacial score (nSPS) is 28.5. The van der Waals surface area contributed by atoms with E-state index in [2.05, 4.69) is 21.8 Å². The Balaban J connectivity index is 1.63. The van der Waals surface area contributed by atoms with Gasteiger partial charge in [-0.2, -0.15) is 0 Å². The quantitative estimate of drug-likeness (QED) is 0.723. The van der Waals surface area contributed by atoms with Gasteiger partial charge in [0.25, 0.3) is 5.91 Å². The molecule has 3 aliphatic heterocycles. The molecule has 24 heavy (non-hydrogen) atoms. The first kappa shape index (κ1) is 16.6. The van der Waals surface area contributed by atoms with Crippen LogP contribution in [0.25, 0.3) is 0 Å². The van der Waals surface area contributed by atoms with Crippen LogP contribution in [0.1, 0.15) is 23.3 Å². The Morgan fingerprint density at radius 1 is 1.54 bits per heavy atom. The number of carbonyl (C=O) groups excluding carboxylic acids is 2. The summed E-state index contributed by atoms with van der Waals surface area (Å²) < 4.78 is 1.67. The van der Waals surface area contributed by atoms with Gasteiger partial charge in [0.15, 0.2) is 5.69 Å². The number of amides is 2. The number of rotatable bonds is 6. The summed E-state index contributed by atoms with van der Waals surface area (Å²) in [6.07, 6.45) is 5.36. The lowest BCUT2D eigenvalue weighted by Gasteiger charge is -2.49. The number of primary amides is 1. The van der Waals surface area contributed by atoms with E-state index in [1.807, 2.05) is 7.05 Å². The minimum absolute atomic E-state index is 0.0666. The number of fused-ring (bicyclic) bond motifs is 3. The summed E-state index contributed by atoms with van der Waals surface area (Å²) in [5.41, 5.74) is 5.40. The zero-order valence-corrected chi connectivity index (χ0v) is 14.0. The van der Waals surface area contributed by atoms with Crippen LogP contribution in [-0.4, -0.2) is 69.3 Å². The first-order chi connectivity index (χ1) is 11.5. The van der Waals surface area contributed by atoms with E-state index >= 15 is 0 Å². The average Bonchev–Trinajstić information content (AvgIpc) is 3.04. The monoisotopic (exact) mass is 332 g/mol. The van der Waals surface area contributed by atoms with E-state index in [1.165, 1.54) is 0 Å². The summed E-state index contributed by atoms with van der Waals surface area (Å²) in [6, 6.07) is 0.319. The van der Waals surface area contributed by atoms with E-state index in [-0.39, 0.29) is 17.5 Å². The number of hydrogen-bond acceptors (Lipinski definition) is 5. The number of likely N-dealkylation sites (N-methyl/N-ethyl adjacent to an activating group) is 1. The highest BCUT2D eigenvalue weighted by atomic mass is 16.2. The molecule has 130 valence electrons. The summed E-state index contributed by atoms with van der Waals surface area (Å²) in [6.45, 7) is 6.73. The molecule has 3 aliphatic rings. The third kappa shape index (κ3) is 3.19. The molecule has 8 heteroatoms. The smallest absolute Gasteiger partial charge is 0.270 e. The van der Waals surface area contributed by atoms with Crippen LogP contribution in [0.3, 0.4) is 0 Å². The minimum atomic E-state index is -0.567. The van der Waals surface area contributed by atoms with Crippen molar-refractivity contribution in [1.29, 1.82) is 0 Å². The zero-order valence-electron chi connectivity index (χ0n) is 14.0. The summed E-state index contributed by atoms with van der Waals surface area (Å²) in [5.74, 6) is 0.109. The second-order valence-electron chi connectivity index (χ2n) is 6.74. The number of hydrogen-bond donors (Lipinski definition) is 1. The topological polar surface area (TPSA) is 97.3 Å². The maximum atomic E-state index is 12.6. The fourth-order valence-corrected chi connectivity index (χ4v) is 3.89. The molecule has 4 atom stereocenters. The van der Waals surface area contributed by atoms with Gasteiger partial charge >= 0.3 is 0 Å². The molecule has 3 fully saturated rings. The number of piperidine rings is 3. The molecule has 0 aromatic carbocycles. The largest absolute Gasteiger partial charge is 0.364 e. The number of aromatic nitrogens is 3. The van der Waals surface area contributed by atoms with Crippen LogP contribution in [0.5, 0.6) is 0 Å². The van der Waals surface area contributed by atoms with E-state index in [0.29, 0.717) is 25.0 Å². The molecule has 2 N–H and O–H groups in total. The molecular weight excluding hydrogens is 308 g/mol. The highest BCUT2D eigenvalue weighted by Gasteiger charge is 2.44. The van der Waals surface area contributed by atoms with Gasteiger partial charge < -0.3 is 10.6 Å². The van der Waals surface area contributed by atoms with Crippen molar-refractivity contribution in [3.05, 3.63) is 24.5 Å². The fourth-order valence-electron chi connectivity index (χ4n) is 3.89. The second-order valence-corrected chi connectivity index (χ2v) is 6.74. The summed E-state index contributed by atoms with van der Waals surface area (Å²) in [5, 5.41) is 7.75. The molecule has 3 saturated heterocycles. The van der Waals surface area contributed by atoms with E-state index in [0.717, 1.165) is 25.9 Å². The highest BCUT2D eigenvalue weighted by Crippen LogP contribution is 2.37. The van der Waals surface area contributed by atoms with Crippen molar-refractivity contribution in [3.63, 3.8) is 0 Å². The van der Waals surface area contributed by atoms with E-state index < -0.39 is 5.91 Å². The van der Waals surface area contributed by atoms with Gasteiger partial charge in [-0.15, -0.1) is 11.7 Å². The first-order valence-corrected chi connectivity index (χ1v) is 8.29. The molecule has 0 aliphatic carbocycles. The minimum Gasteiger partial charge on any atom is -0.364 e. The summed E-state index contributed by atoms with van der Waals surface area (Å²) in [4.78, 5) is 27.8. The van der Waals surface area contributed by atoms with E-state index in [1.54, 1.807) is 21.9 Å². The molecule has 0 spiro atoms. The van der Waals surface area contributed by atoms with Gasteiger partial charge in [-0.3, -0.25) is 19.2 Å². The van der Waals surface area contributed by atoms with Gasteiger partial charge in [0, 0.05) is 26.2 Å². The first-order valence-electron chi connectivity index (χ1n) is 8.29. The third-order valence-corrected chi connectivity index (χ3v) is 5.16. The van der Waals surface area contributed by atoms with Crippen LogP contribution in [0.15, 0.2) is 18.9 Å². The predicted molar refractivity (Wildman–Crippen MR) is 87.9 cm³/mol. The third-order valence-electron chi connectivity index (χ3n) is 5.16. The van der Waals surface area contributed by atoms with Crippen molar-refractivity contribution >= 4 is 11.8 Å². The molecule has 1 aromatic heterocycles. The van der Waals surface area contributed by atoms with Crippen molar-refractivity contribution in [3.8, 4) is 0 Å². The maximum absolute atomic E-state index is 12.6. The van der Waals surface area contributed by atoms with Crippen LogP contribution < -0.4 is 5.73 Å². The zero-order chi connectivity index (χ0) is 17.3. The molecule has 0 saturated carbocycles. The Kier molecular flexibility index (Phi) is 4.66. The molecule has 8 nitrogen and oxygen atoms in total. The molecule has 2 amide bonds. The lowest BCUT2D eigenvalue weighted by atomic mass is 9.75. The van der Waals surface area contributed by atoms with Crippen LogP contribution in [0.2, 0.25) is 0 Å². The lowest BCUT2D eigenvalue weighted by Crippen LogP contribution is -2.58. The van der Waals surface area contributed by atoms with Gasteiger partial charge in [0.1, 0.15) is 0 Å². The molecule has 4 rings (SSSR count). The maximum Gasteiger partial charge on any atom is 0.270 e. The average molecular weight is 332 g/mol. The summed E-state index contributed by atoms with van der Waals surface area (Å²) in [7, 11) is 1.83. The standard InChI is InChI=1S/C16H24N6O2/c1-3-5-20(2)16(24)13-9-21-6-4-11(13)7-12(21)8-22-10-14(15(17)23)18-19-22/h3,10-13H,1,4-9H2,2H3,(H2,17,23)/t11-,12-,13+/m1/s1. The Labute approximate surface area is 141 Å². The molecule has 2 bridgehead atoms. The number of nitrogens with two attached hydrogens (primary N) is 1. The van der Waals surface area contributed by atoms with Crippen LogP contribution in [0, 0.1) is 11.8 Å². The van der Waals surface area contributed by atoms with Crippen molar-refractivity contribution in [2.24, 2.45) is 17.6 Å². The van der Waals surface area contributed by atoms with E-state index in [9.17, 15) is 9.59 Å². The number of carbonyl (C=O) groups is 2. The van der Waals surface area contributed by atoms with Crippen molar-refractivity contribution in [2.75, 3.05) is 26.7 Å². The van der Waals surface area contributed by atoms with Gasteiger partial charge in [-0.05, 0) is 25.3 Å². The van der Waals surface area contributed by atoms with Crippen molar-refractivity contribution in [2.45, 2.75) is 25.4 Å². The van der Waals surface area contributed by atoms with Crippen molar-refractivity contribution < 1.29 is 9.59 Å². The molecule has 1 unspecified atom stereocenters. The Morgan fingerprint density at radius 2 is 2.33 bits per heavy atom. The van der Waals surface area contributed by atoms with Crippen LogP contribution in [-0.2, 0) is 11.3 Å². The number of nitrogens with zero attached hydrogens (tertiary/aromatic N) is 5. The lowest BCUT2D eigenvalue weighted by molar-refractivity contribution is -0.142. The van der Waals surface area contributed by atoms with Gasteiger partial charge in [0.2, 0.25) is 5.91 Å². The molecule has 1 aromatic rings. The van der Waals surface area contributed by atoms with Gasteiger partial charge in [-0.25, -0.2) is 0 Å². The summed E-state index contributed by atoms with van der Waals surface area (Å²) >= 11 is 0. The highest BCUT2D eigenvalue weighted by molar-refractivity contribution is 5.90. The van der Waals surface area contributed by atoms with Gasteiger partial charge in [0.05, 0.1) is 18.7 Å². The Bertz CT molecular complexity index is 642. The molecule has 4 heterocycles. The predicted octanol–water partition coefficient (Wildman–Crippen LogP) is -0.268. The Morgan fingerprint density at radius 3 is 2.92 bits per heavy atom. The van der Waals surface area contributed by atoms with Crippen LogP contribution >= 0.6 is 0 Å². The Hall–Kier alpha value is -2.22. The van der Waals surface area contributed by atoms with Crippen LogP contribution in [0.4, 0.5) is 0 Å². The fraction of sp³-hybridized carbons (Fsp3) is 0.625. The second kappa shape index (κ2) is 6.72. The van der Waals surface area contributed by atoms with Gasteiger partial charge in [-0.1, -0.05) is 11.3 Å². The van der Waals surface area contributed by atoms with E-state index in [4.69, 9.17) is 5.73 Å².